The van der Waals surface area contributed by atoms with Gasteiger partial charge in [0.2, 0.25) is 0 Å². The van der Waals surface area contributed by atoms with Crippen molar-refractivity contribution in [3.05, 3.63) is 170 Å². The van der Waals surface area contributed by atoms with Gasteiger partial charge in [0.05, 0.1) is 11.4 Å². The molecular formula is C42H28N2. The number of pyridine rings is 2. The molecule has 0 atom stereocenters. The summed E-state index contributed by atoms with van der Waals surface area (Å²) in [4.78, 5) is 9.24. The van der Waals surface area contributed by atoms with E-state index in [1.165, 1.54) is 54.9 Å². The summed E-state index contributed by atoms with van der Waals surface area (Å²) in [5, 5.41) is 4.90. The molecule has 2 aromatic heterocycles. The highest BCUT2D eigenvalue weighted by Gasteiger charge is 2.18. The molecule has 206 valence electrons. The Morgan fingerprint density at radius 1 is 0.273 bits per heavy atom. The normalized spacial score (nSPS) is 11.2. The highest BCUT2D eigenvalue weighted by molar-refractivity contribution is 6.22. The molecule has 0 spiro atoms. The van der Waals surface area contributed by atoms with Crippen molar-refractivity contribution in [3.63, 3.8) is 0 Å². The van der Waals surface area contributed by atoms with E-state index in [2.05, 4.69) is 143 Å². The smallest absolute Gasteiger partial charge is 0.0702 e. The molecule has 0 aliphatic rings. The summed E-state index contributed by atoms with van der Waals surface area (Å²) in [6, 6.07) is 56.1. The number of benzene rings is 6. The quantitative estimate of drug-likeness (QED) is 0.196. The van der Waals surface area contributed by atoms with E-state index in [4.69, 9.17) is 0 Å². The Labute approximate surface area is 257 Å². The minimum absolute atomic E-state index is 0.966. The van der Waals surface area contributed by atoms with Crippen molar-refractivity contribution in [2.24, 2.45) is 0 Å². The topological polar surface area (TPSA) is 25.8 Å². The van der Waals surface area contributed by atoms with Crippen molar-refractivity contribution in [1.82, 2.24) is 9.97 Å². The molecule has 0 saturated heterocycles. The zero-order chi connectivity index (χ0) is 29.3. The fourth-order valence-corrected chi connectivity index (χ4v) is 6.29. The second-order valence-corrected chi connectivity index (χ2v) is 11.0. The Hall–Kier alpha value is -5.86. The lowest BCUT2D eigenvalue weighted by Gasteiger charge is -2.19. The van der Waals surface area contributed by atoms with E-state index >= 15 is 0 Å². The maximum Gasteiger partial charge on any atom is 0.0702 e. The van der Waals surface area contributed by atoms with E-state index in [1.807, 2.05) is 36.7 Å². The van der Waals surface area contributed by atoms with E-state index in [1.54, 1.807) is 0 Å². The molecule has 0 aliphatic heterocycles. The van der Waals surface area contributed by atoms with Gasteiger partial charge in [-0.3, -0.25) is 9.97 Å². The van der Waals surface area contributed by atoms with Gasteiger partial charge >= 0.3 is 0 Å². The first kappa shape index (κ1) is 25.8. The van der Waals surface area contributed by atoms with Gasteiger partial charge in [-0.15, -0.1) is 0 Å². The largest absolute Gasteiger partial charge is 0.256 e. The molecule has 2 nitrogen and oxygen atoms in total. The lowest BCUT2D eigenvalue weighted by molar-refractivity contribution is 1.33. The Bertz CT molecular complexity index is 2220. The third kappa shape index (κ3) is 4.63. The van der Waals surface area contributed by atoms with Gasteiger partial charge in [-0.25, -0.2) is 0 Å². The monoisotopic (exact) mass is 560 g/mol. The molecule has 0 aliphatic carbocycles. The van der Waals surface area contributed by atoms with Crippen LogP contribution in [0.25, 0.3) is 77.4 Å². The summed E-state index contributed by atoms with van der Waals surface area (Å²) in [7, 11) is 0. The van der Waals surface area contributed by atoms with Crippen molar-refractivity contribution in [2.75, 3.05) is 0 Å². The van der Waals surface area contributed by atoms with Crippen molar-refractivity contribution in [2.45, 2.75) is 0 Å². The maximum absolute atomic E-state index is 4.68. The zero-order valence-corrected chi connectivity index (χ0v) is 24.1. The van der Waals surface area contributed by atoms with Gasteiger partial charge in [-0.2, -0.15) is 0 Å². The summed E-state index contributed by atoms with van der Waals surface area (Å²) in [6.45, 7) is 0. The van der Waals surface area contributed by atoms with Gasteiger partial charge in [0.25, 0.3) is 0 Å². The molecule has 0 unspecified atom stereocenters. The van der Waals surface area contributed by atoms with Crippen LogP contribution in [0.15, 0.2) is 170 Å². The average molecular weight is 561 g/mol. The Kier molecular flexibility index (Phi) is 6.51. The van der Waals surface area contributed by atoms with Crippen LogP contribution in [0.3, 0.4) is 0 Å². The molecule has 44 heavy (non-hydrogen) atoms. The van der Waals surface area contributed by atoms with Crippen LogP contribution in [0.2, 0.25) is 0 Å². The molecule has 0 radical (unpaired) electrons. The molecule has 2 heteroatoms. The van der Waals surface area contributed by atoms with Gasteiger partial charge in [0.15, 0.2) is 0 Å². The van der Waals surface area contributed by atoms with E-state index in [-0.39, 0.29) is 0 Å². The van der Waals surface area contributed by atoms with Crippen molar-refractivity contribution in [3.8, 4) is 55.9 Å². The van der Waals surface area contributed by atoms with Gasteiger partial charge in [-0.1, -0.05) is 127 Å². The first-order valence-corrected chi connectivity index (χ1v) is 14.9. The number of rotatable bonds is 5. The molecule has 6 aromatic carbocycles. The molecule has 8 aromatic rings. The van der Waals surface area contributed by atoms with Crippen LogP contribution in [0, 0.1) is 0 Å². The fraction of sp³-hybridized carbons (Fsp3) is 0. The minimum atomic E-state index is 0.966. The SMILES string of the molecule is c1ccc(-c2ccc(-c3c4ccccc4c(-c4ccc(-c5ccccn5)cc4)c4cc(-c5ccccn5)ccc34)cc2)cc1. The van der Waals surface area contributed by atoms with Crippen LogP contribution in [0.1, 0.15) is 0 Å². The summed E-state index contributed by atoms with van der Waals surface area (Å²) in [6.07, 6.45) is 3.70. The van der Waals surface area contributed by atoms with E-state index in [9.17, 15) is 0 Å². The molecule has 0 N–H and O–H groups in total. The summed E-state index contributed by atoms with van der Waals surface area (Å²) < 4.78 is 0. The van der Waals surface area contributed by atoms with Crippen LogP contribution >= 0.6 is 0 Å². The molecular weight excluding hydrogens is 532 g/mol. The second-order valence-electron chi connectivity index (χ2n) is 11.0. The number of nitrogens with zero attached hydrogens (tertiary/aromatic N) is 2. The van der Waals surface area contributed by atoms with Crippen LogP contribution in [0.5, 0.6) is 0 Å². The number of hydrogen-bond donors (Lipinski definition) is 0. The van der Waals surface area contributed by atoms with Crippen molar-refractivity contribution < 1.29 is 0 Å². The Balaban J connectivity index is 1.38. The lowest BCUT2D eigenvalue weighted by Crippen LogP contribution is -1.92. The number of fused-ring (bicyclic) bond motifs is 2. The maximum atomic E-state index is 4.68. The predicted molar refractivity (Wildman–Crippen MR) is 184 cm³/mol. The summed E-state index contributed by atoms with van der Waals surface area (Å²) in [5.74, 6) is 0. The molecule has 8 rings (SSSR count). The van der Waals surface area contributed by atoms with E-state index in [0.717, 1.165) is 22.5 Å². The van der Waals surface area contributed by atoms with Gasteiger partial charge in [-0.05, 0) is 85.3 Å². The van der Waals surface area contributed by atoms with Gasteiger partial charge in [0, 0.05) is 23.5 Å². The molecule has 0 saturated carbocycles. The average Bonchev–Trinajstić information content (AvgIpc) is 3.12. The highest BCUT2D eigenvalue weighted by atomic mass is 14.7. The van der Waals surface area contributed by atoms with Gasteiger partial charge in [0.1, 0.15) is 0 Å². The third-order valence-corrected chi connectivity index (χ3v) is 8.40. The number of hydrogen-bond acceptors (Lipinski definition) is 2. The third-order valence-electron chi connectivity index (χ3n) is 8.40. The predicted octanol–water partition coefficient (Wildman–Crippen LogP) is 11.1. The molecule has 0 amide bonds. The molecule has 2 heterocycles. The fourth-order valence-electron chi connectivity index (χ4n) is 6.29. The summed E-state index contributed by atoms with van der Waals surface area (Å²) >= 11 is 0. The van der Waals surface area contributed by atoms with Crippen LogP contribution in [-0.2, 0) is 0 Å². The highest BCUT2D eigenvalue weighted by Crippen LogP contribution is 2.45. The Morgan fingerprint density at radius 3 is 1.30 bits per heavy atom. The first-order chi connectivity index (χ1) is 21.8. The minimum Gasteiger partial charge on any atom is -0.256 e. The van der Waals surface area contributed by atoms with Crippen LogP contribution < -0.4 is 0 Å². The number of aromatic nitrogens is 2. The van der Waals surface area contributed by atoms with Gasteiger partial charge < -0.3 is 0 Å². The standard InChI is InChI=1S/C42H28N2/c1-2-10-29(11-3-1)30-16-20-32(21-17-30)41-35-12-4-5-13-36(35)42(33-22-18-31(19-23-33)39-14-6-8-26-43-39)38-28-34(24-25-37(38)41)40-15-7-9-27-44-40/h1-28H. The zero-order valence-electron chi connectivity index (χ0n) is 24.1. The molecule has 0 bridgehead atoms. The second kappa shape index (κ2) is 11.1. The van der Waals surface area contributed by atoms with E-state index < -0.39 is 0 Å². The summed E-state index contributed by atoms with van der Waals surface area (Å²) in [5.41, 5.74) is 11.4. The van der Waals surface area contributed by atoms with Crippen LogP contribution in [0.4, 0.5) is 0 Å². The van der Waals surface area contributed by atoms with Crippen LogP contribution in [-0.4, -0.2) is 9.97 Å². The molecule has 0 fully saturated rings. The lowest BCUT2D eigenvalue weighted by atomic mass is 9.84. The van der Waals surface area contributed by atoms with Crippen molar-refractivity contribution in [1.29, 1.82) is 0 Å². The van der Waals surface area contributed by atoms with Crippen molar-refractivity contribution >= 4 is 21.5 Å². The van der Waals surface area contributed by atoms with E-state index in [0.29, 0.717) is 0 Å². The first-order valence-electron chi connectivity index (χ1n) is 14.9. The Morgan fingerprint density at radius 2 is 0.705 bits per heavy atom.